The van der Waals surface area contributed by atoms with E-state index in [4.69, 9.17) is 5.11 Å². The molecule has 0 aliphatic carbocycles. The van der Waals surface area contributed by atoms with Crippen LogP contribution in [-0.2, 0) is 9.59 Å². The SMILES string of the molecule is CC(C)CC(NC(=O)N1CCNC(=O)C1)C(=O)O. The van der Waals surface area contributed by atoms with Gasteiger partial charge in [-0.15, -0.1) is 0 Å². The van der Waals surface area contributed by atoms with Crippen LogP contribution in [0, 0.1) is 5.92 Å². The minimum absolute atomic E-state index is 0.0279. The zero-order valence-electron chi connectivity index (χ0n) is 10.6. The number of carboxylic acids is 1. The summed E-state index contributed by atoms with van der Waals surface area (Å²) in [5.74, 6) is -1.12. The number of carbonyl (C=O) groups excluding carboxylic acids is 2. The highest BCUT2D eigenvalue weighted by Crippen LogP contribution is 2.06. The molecule has 1 fully saturated rings. The second kappa shape index (κ2) is 6.23. The molecule has 0 aromatic carbocycles. The number of nitrogens with one attached hydrogen (secondary N) is 2. The average molecular weight is 257 g/mol. The molecule has 3 N–H and O–H groups in total. The fraction of sp³-hybridized carbons (Fsp3) is 0.727. The minimum atomic E-state index is -1.06. The molecule has 1 unspecified atom stereocenters. The zero-order valence-corrected chi connectivity index (χ0v) is 10.6. The molecule has 0 spiro atoms. The first-order chi connectivity index (χ1) is 8.40. The topological polar surface area (TPSA) is 98.7 Å². The fourth-order valence-electron chi connectivity index (χ4n) is 1.75. The predicted octanol–water partition coefficient (Wildman–Crippen LogP) is -0.373. The molecule has 7 nitrogen and oxygen atoms in total. The summed E-state index contributed by atoms with van der Waals surface area (Å²) >= 11 is 0. The molecule has 1 aliphatic heterocycles. The maximum atomic E-state index is 11.8. The molecule has 1 atom stereocenters. The number of aliphatic carboxylic acids is 1. The van der Waals surface area contributed by atoms with Crippen LogP contribution in [0.15, 0.2) is 0 Å². The third-order valence-corrected chi connectivity index (χ3v) is 2.63. The third kappa shape index (κ3) is 4.23. The van der Waals surface area contributed by atoms with Crippen LogP contribution >= 0.6 is 0 Å². The summed E-state index contributed by atoms with van der Waals surface area (Å²) in [6, 6.07) is -1.42. The Morgan fingerprint density at radius 2 is 2.17 bits per heavy atom. The predicted molar refractivity (Wildman–Crippen MR) is 64.0 cm³/mol. The summed E-state index contributed by atoms with van der Waals surface area (Å²) in [5.41, 5.74) is 0. The van der Waals surface area contributed by atoms with Crippen molar-refractivity contribution in [3.8, 4) is 0 Å². The number of nitrogens with zero attached hydrogens (tertiary/aromatic N) is 1. The van der Waals surface area contributed by atoms with Crippen molar-refractivity contribution >= 4 is 17.9 Å². The van der Waals surface area contributed by atoms with Gasteiger partial charge in [-0.3, -0.25) is 4.79 Å². The van der Waals surface area contributed by atoms with Crippen LogP contribution in [-0.4, -0.2) is 53.6 Å². The molecule has 1 aliphatic rings. The standard InChI is InChI=1S/C11H19N3O4/c1-7(2)5-8(10(16)17)13-11(18)14-4-3-12-9(15)6-14/h7-8H,3-6H2,1-2H3,(H,12,15)(H,13,18)(H,16,17). The summed E-state index contributed by atoms with van der Waals surface area (Å²) in [5, 5.41) is 14.1. The van der Waals surface area contributed by atoms with Gasteiger partial charge in [0.25, 0.3) is 0 Å². The van der Waals surface area contributed by atoms with E-state index in [0.29, 0.717) is 19.5 Å². The zero-order chi connectivity index (χ0) is 13.7. The van der Waals surface area contributed by atoms with Gasteiger partial charge >= 0.3 is 12.0 Å². The lowest BCUT2D eigenvalue weighted by Crippen LogP contribution is -2.55. The molecule has 1 saturated heterocycles. The van der Waals surface area contributed by atoms with Crippen molar-refractivity contribution in [2.75, 3.05) is 19.6 Å². The Morgan fingerprint density at radius 3 is 2.67 bits per heavy atom. The van der Waals surface area contributed by atoms with Crippen molar-refractivity contribution in [3.63, 3.8) is 0 Å². The maximum absolute atomic E-state index is 11.8. The molecule has 0 saturated carbocycles. The third-order valence-electron chi connectivity index (χ3n) is 2.63. The Labute approximate surface area is 106 Å². The van der Waals surface area contributed by atoms with Crippen LogP contribution in [0.4, 0.5) is 4.79 Å². The van der Waals surface area contributed by atoms with Crippen LogP contribution in [0.3, 0.4) is 0 Å². The van der Waals surface area contributed by atoms with Gasteiger partial charge in [-0.25, -0.2) is 9.59 Å². The first kappa shape index (κ1) is 14.3. The molecular formula is C11H19N3O4. The van der Waals surface area contributed by atoms with E-state index < -0.39 is 18.0 Å². The largest absolute Gasteiger partial charge is 0.480 e. The van der Waals surface area contributed by atoms with Gasteiger partial charge in [-0.05, 0) is 12.3 Å². The van der Waals surface area contributed by atoms with Crippen molar-refractivity contribution in [2.24, 2.45) is 5.92 Å². The summed E-state index contributed by atoms with van der Waals surface area (Å²) in [6.07, 6.45) is 0.362. The first-order valence-corrected chi connectivity index (χ1v) is 5.95. The number of rotatable bonds is 4. The Bertz CT molecular complexity index is 343. The van der Waals surface area contributed by atoms with Gasteiger partial charge < -0.3 is 20.6 Å². The summed E-state index contributed by atoms with van der Waals surface area (Å²) < 4.78 is 0. The Hall–Kier alpha value is -1.79. The van der Waals surface area contributed by atoms with Crippen molar-refractivity contribution in [2.45, 2.75) is 26.3 Å². The molecular weight excluding hydrogens is 238 g/mol. The van der Waals surface area contributed by atoms with Gasteiger partial charge in [0.05, 0.1) is 0 Å². The Morgan fingerprint density at radius 1 is 1.50 bits per heavy atom. The van der Waals surface area contributed by atoms with Gasteiger partial charge in [0.2, 0.25) is 5.91 Å². The normalized spacial score (nSPS) is 17.3. The van der Waals surface area contributed by atoms with Crippen molar-refractivity contribution in [1.29, 1.82) is 0 Å². The van der Waals surface area contributed by atoms with E-state index in [0.717, 1.165) is 0 Å². The maximum Gasteiger partial charge on any atom is 0.326 e. The molecule has 0 radical (unpaired) electrons. The molecule has 1 heterocycles. The average Bonchev–Trinajstić information content (AvgIpc) is 2.27. The van der Waals surface area contributed by atoms with E-state index in [-0.39, 0.29) is 18.4 Å². The molecule has 1 rings (SSSR count). The highest BCUT2D eigenvalue weighted by Gasteiger charge is 2.26. The number of hydrogen-bond acceptors (Lipinski definition) is 3. The number of hydrogen-bond donors (Lipinski definition) is 3. The van der Waals surface area contributed by atoms with Crippen LogP contribution in [0.25, 0.3) is 0 Å². The summed E-state index contributed by atoms with van der Waals surface area (Å²) in [6.45, 7) is 4.53. The van der Waals surface area contributed by atoms with Crippen molar-refractivity contribution < 1.29 is 19.5 Å². The molecule has 18 heavy (non-hydrogen) atoms. The van der Waals surface area contributed by atoms with Crippen LogP contribution in [0.2, 0.25) is 0 Å². The lowest BCUT2D eigenvalue weighted by Gasteiger charge is -2.28. The van der Waals surface area contributed by atoms with Crippen molar-refractivity contribution in [1.82, 2.24) is 15.5 Å². The smallest absolute Gasteiger partial charge is 0.326 e. The van der Waals surface area contributed by atoms with E-state index in [1.807, 2.05) is 13.8 Å². The summed E-state index contributed by atoms with van der Waals surface area (Å²) in [4.78, 5) is 35.3. The molecule has 0 bridgehead atoms. The van der Waals surface area contributed by atoms with E-state index in [1.165, 1.54) is 4.90 Å². The van der Waals surface area contributed by atoms with Crippen LogP contribution < -0.4 is 10.6 Å². The molecule has 3 amide bonds. The highest BCUT2D eigenvalue weighted by atomic mass is 16.4. The Balaban J connectivity index is 2.54. The summed E-state index contributed by atoms with van der Waals surface area (Å²) in [7, 11) is 0. The van der Waals surface area contributed by atoms with Gasteiger partial charge in [0.15, 0.2) is 0 Å². The molecule has 7 heteroatoms. The lowest BCUT2D eigenvalue weighted by molar-refractivity contribution is -0.139. The molecule has 102 valence electrons. The quantitative estimate of drug-likeness (QED) is 0.639. The molecule has 0 aromatic heterocycles. The van der Waals surface area contributed by atoms with E-state index in [9.17, 15) is 14.4 Å². The molecule has 0 aromatic rings. The van der Waals surface area contributed by atoms with Crippen molar-refractivity contribution in [3.05, 3.63) is 0 Å². The minimum Gasteiger partial charge on any atom is -0.480 e. The van der Waals surface area contributed by atoms with Crippen LogP contribution in [0.5, 0.6) is 0 Å². The van der Waals surface area contributed by atoms with Gasteiger partial charge in [-0.2, -0.15) is 0 Å². The van der Waals surface area contributed by atoms with E-state index in [2.05, 4.69) is 10.6 Å². The van der Waals surface area contributed by atoms with E-state index >= 15 is 0 Å². The van der Waals surface area contributed by atoms with E-state index in [1.54, 1.807) is 0 Å². The number of amides is 3. The highest BCUT2D eigenvalue weighted by molar-refractivity contribution is 5.87. The number of carboxylic acid groups (broad SMARTS) is 1. The van der Waals surface area contributed by atoms with Crippen LogP contribution in [0.1, 0.15) is 20.3 Å². The second-order valence-electron chi connectivity index (χ2n) is 4.74. The number of carbonyl (C=O) groups is 3. The second-order valence-corrected chi connectivity index (χ2v) is 4.74. The van der Waals surface area contributed by atoms with Gasteiger partial charge in [-0.1, -0.05) is 13.8 Å². The van der Waals surface area contributed by atoms with Gasteiger partial charge in [0.1, 0.15) is 12.6 Å². The Kier molecular flexibility index (Phi) is 4.94. The van der Waals surface area contributed by atoms with Gasteiger partial charge in [0, 0.05) is 13.1 Å². The number of urea groups is 1. The number of piperazine rings is 1. The fourth-order valence-corrected chi connectivity index (χ4v) is 1.75. The lowest BCUT2D eigenvalue weighted by atomic mass is 10.0. The monoisotopic (exact) mass is 257 g/mol. The first-order valence-electron chi connectivity index (χ1n) is 5.95.